The summed E-state index contributed by atoms with van der Waals surface area (Å²) in [5.41, 5.74) is 1.30. The van der Waals surface area contributed by atoms with Crippen molar-refractivity contribution in [3.8, 4) is 5.75 Å². The van der Waals surface area contributed by atoms with Crippen molar-refractivity contribution in [2.75, 3.05) is 20.1 Å². The Kier molecular flexibility index (Phi) is 4.43. The number of likely N-dealkylation sites (tertiary alicyclic amines) is 1. The first-order valence-electron chi connectivity index (χ1n) is 6.86. The number of piperidine rings is 1. The monoisotopic (exact) mass is 262 g/mol. The summed E-state index contributed by atoms with van der Waals surface area (Å²) < 4.78 is 0. The second-order valence-corrected chi connectivity index (χ2v) is 5.36. The number of benzene rings is 1. The molecule has 1 aromatic carbocycles. The zero-order valence-corrected chi connectivity index (χ0v) is 11.6. The van der Waals surface area contributed by atoms with E-state index in [0.29, 0.717) is 18.2 Å². The first-order chi connectivity index (χ1) is 9.08. The van der Waals surface area contributed by atoms with Gasteiger partial charge in [-0.15, -0.1) is 0 Å². The van der Waals surface area contributed by atoms with Crippen molar-refractivity contribution in [2.24, 2.45) is 0 Å². The minimum absolute atomic E-state index is 0.0505. The molecule has 0 aliphatic carbocycles. The zero-order chi connectivity index (χ0) is 13.8. The molecule has 4 nitrogen and oxygen atoms in total. The molecule has 104 valence electrons. The third kappa shape index (κ3) is 3.47. The van der Waals surface area contributed by atoms with Crippen molar-refractivity contribution in [3.63, 3.8) is 0 Å². The second kappa shape index (κ2) is 6.06. The Bertz CT molecular complexity index is 459. The molecule has 1 aliphatic rings. The first kappa shape index (κ1) is 13.9. The third-order valence-electron chi connectivity index (χ3n) is 3.82. The molecule has 0 aromatic heterocycles. The molecule has 4 heteroatoms. The Morgan fingerprint density at radius 2 is 2.26 bits per heavy atom. The van der Waals surface area contributed by atoms with Crippen molar-refractivity contribution in [1.82, 2.24) is 10.2 Å². The summed E-state index contributed by atoms with van der Waals surface area (Å²) in [7, 11) is 2.10. The van der Waals surface area contributed by atoms with Crippen molar-refractivity contribution in [3.05, 3.63) is 29.3 Å². The summed E-state index contributed by atoms with van der Waals surface area (Å²) >= 11 is 0. The molecular weight excluding hydrogens is 240 g/mol. The third-order valence-corrected chi connectivity index (χ3v) is 3.82. The summed E-state index contributed by atoms with van der Waals surface area (Å²) in [6.45, 7) is 3.62. The number of phenols is 1. The predicted molar refractivity (Wildman–Crippen MR) is 75.4 cm³/mol. The van der Waals surface area contributed by atoms with Crippen LogP contribution < -0.4 is 5.32 Å². The van der Waals surface area contributed by atoms with E-state index in [9.17, 15) is 9.90 Å². The van der Waals surface area contributed by atoms with Gasteiger partial charge < -0.3 is 15.3 Å². The summed E-state index contributed by atoms with van der Waals surface area (Å²) in [5.74, 6) is -0.147. The molecule has 19 heavy (non-hydrogen) atoms. The van der Waals surface area contributed by atoms with E-state index < -0.39 is 0 Å². The van der Waals surface area contributed by atoms with Gasteiger partial charge in [0.15, 0.2) is 0 Å². The highest BCUT2D eigenvalue weighted by Crippen LogP contribution is 2.19. The molecule has 1 fully saturated rings. The van der Waals surface area contributed by atoms with Crippen LogP contribution in [-0.2, 0) is 0 Å². The molecule has 2 rings (SSSR count). The van der Waals surface area contributed by atoms with E-state index >= 15 is 0 Å². The lowest BCUT2D eigenvalue weighted by molar-refractivity contribution is 0.0926. The average molecular weight is 262 g/mol. The first-order valence-corrected chi connectivity index (χ1v) is 6.86. The Morgan fingerprint density at radius 1 is 1.47 bits per heavy atom. The van der Waals surface area contributed by atoms with Gasteiger partial charge in [0.2, 0.25) is 0 Å². The Balaban J connectivity index is 1.93. The van der Waals surface area contributed by atoms with Crippen LogP contribution in [0.4, 0.5) is 0 Å². The van der Waals surface area contributed by atoms with Gasteiger partial charge in [0, 0.05) is 12.6 Å². The number of carbonyl (C=O) groups excluding carboxylic acids is 1. The number of likely N-dealkylation sites (N-methyl/N-ethyl adjacent to an activating group) is 1. The minimum Gasteiger partial charge on any atom is -0.507 e. The standard InChI is InChI=1S/C15H22N2O2/c1-11-6-7-13(14(18)9-11)15(19)16-10-12-5-3-4-8-17(12)2/h6-7,9,12,18H,3-5,8,10H2,1-2H3,(H,16,19). The summed E-state index contributed by atoms with van der Waals surface area (Å²) in [6.07, 6.45) is 3.58. The van der Waals surface area contributed by atoms with Crippen LogP contribution in [0.2, 0.25) is 0 Å². The highest BCUT2D eigenvalue weighted by molar-refractivity contribution is 5.96. The van der Waals surface area contributed by atoms with Crippen LogP contribution in [0.15, 0.2) is 18.2 Å². The SMILES string of the molecule is Cc1ccc(C(=O)NCC2CCCCN2C)c(O)c1. The zero-order valence-electron chi connectivity index (χ0n) is 11.6. The Morgan fingerprint density at radius 3 is 2.95 bits per heavy atom. The molecule has 1 unspecified atom stereocenters. The lowest BCUT2D eigenvalue weighted by Gasteiger charge is -2.32. The number of hydrogen-bond acceptors (Lipinski definition) is 3. The van der Waals surface area contributed by atoms with E-state index in [4.69, 9.17) is 0 Å². The topological polar surface area (TPSA) is 52.6 Å². The van der Waals surface area contributed by atoms with Crippen molar-refractivity contribution in [2.45, 2.75) is 32.2 Å². The van der Waals surface area contributed by atoms with Gasteiger partial charge in [0.05, 0.1) is 5.56 Å². The summed E-state index contributed by atoms with van der Waals surface area (Å²) in [6, 6.07) is 5.53. The van der Waals surface area contributed by atoms with Crippen LogP contribution in [0.1, 0.15) is 35.2 Å². The molecule has 0 radical (unpaired) electrons. The molecule has 0 saturated carbocycles. The maximum absolute atomic E-state index is 12.0. The van der Waals surface area contributed by atoms with E-state index in [0.717, 1.165) is 18.5 Å². The fourth-order valence-corrected chi connectivity index (χ4v) is 2.54. The number of aromatic hydroxyl groups is 1. The van der Waals surface area contributed by atoms with Crippen LogP contribution in [0, 0.1) is 6.92 Å². The highest BCUT2D eigenvalue weighted by atomic mass is 16.3. The number of hydrogen-bond donors (Lipinski definition) is 2. The van der Waals surface area contributed by atoms with Crippen molar-refractivity contribution < 1.29 is 9.90 Å². The van der Waals surface area contributed by atoms with Crippen LogP contribution >= 0.6 is 0 Å². The molecule has 0 spiro atoms. The molecular formula is C15H22N2O2. The number of phenolic OH excluding ortho intramolecular Hbond substituents is 1. The quantitative estimate of drug-likeness (QED) is 0.875. The van der Waals surface area contributed by atoms with E-state index in [1.54, 1.807) is 12.1 Å². The average Bonchev–Trinajstić information content (AvgIpc) is 2.37. The molecule has 1 amide bonds. The molecule has 1 heterocycles. The highest BCUT2D eigenvalue weighted by Gasteiger charge is 2.20. The van der Waals surface area contributed by atoms with Gasteiger partial charge in [-0.25, -0.2) is 0 Å². The van der Waals surface area contributed by atoms with Crippen LogP contribution in [0.5, 0.6) is 5.75 Å². The summed E-state index contributed by atoms with van der Waals surface area (Å²) in [4.78, 5) is 14.3. The maximum Gasteiger partial charge on any atom is 0.255 e. The molecule has 0 bridgehead atoms. The fourth-order valence-electron chi connectivity index (χ4n) is 2.54. The Hall–Kier alpha value is -1.55. The van der Waals surface area contributed by atoms with Gasteiger partial charge in [0.25, 0.3) is 5.91 Å². The number of aryl methyl sites for hydroxylation is 1. The molecule has 1 aromatic rings. The molecule has 2 N–H and O–H groups in total. The van der Waals surface area contributed by atoms with Gasteiger partial charge in [-0.2, -0.15) is 0 Å². The lowest BCUT2D eigenvalue weighted by Crippen LogP contribution is -2.44. The van der Waals surface area contributed by atoms with Gasteiger partial charge in [-0.3, -0.25) is 4.79 Å². The number of carbonyl (C=O) groups is 1. The van der Waals surface area contributed by atoms with Gasteiger partial charge in [0.1, 0.15) is 5.75 Å². The molecule has 1 saturated heterocycles. The van der Waals surface area contributed by atoms with Crippen molar-refractivity contribution >= 4 is 5.91 Å². The number of rotatable bonds is 3. The van der Waals surface area contributed by atoms with E-state index in [-0.39, 0.29) is 11.7 Å². The predicted octanol–water partition coefficient (Wildman–Crippen LogP) is 1.91. The summed E-state index contributed by atoms with van der Waals surface area (Å²) in [5, 5.41) is 12.7. The normalized spacial score (nSPS) is 20.2. The van der Waals surface area contributed by atoms with Gasteiger partial charge >= 0.3 is 0 Å². The van der Waals surface area contributed by atoms with Gasteiger partial charge in [-0.05, 0) is 51.1 Å². The Labute approximate surface area is 114 Å². The fraction of sp³-hybridized carbons (Fsp3) is 0.533. The minimum atomic E-state index is -0.198. The number of nitrogens with one attached hydrogen (secondary N) is 1. The molecule has 1 aliphatic heterocycles. The largest absolute Gasteiger partial charge is 0.507 e. The molecule has 1 atom stereocenters. The second-order valence-electron chi connectivity index (χ2n) is 5.36. The van der Waals surface area contributed by atoms with E-state index in [1.165, 1.54) is 12.8 Å². The van der Waals surface area contributed by atoms with Crippen LogP contribution in [-0.4, -0.2) is 42.1 Å². The lowest BCUT2D eigenvalue weighted by atomic mass is 10.0. The smallest absolute Gasteiger partial charge is 0.255 e. The van der Waals surface area contributed by atoms with Crippen LogP contribution in [0.25, 0.3) is 0 Å². The van der Waals surface area contributed by atoms with Crippen molar-refractivity contribution in [1.29, 1.82) is 0 Å². The number of amides is 1. The van der Waals surface area contributed by atoms with Crippen LogP contribution in [0.3, 0.4) is 0 Å². The maximum atomic E-state index is 12.0. The van der Waals surface area contributed by atoms with E-state index in [1.807, 2.05) is 13.0 Å². The van der Waals surface area contributed by atoms with Gasteiger partial charge in [-0.1, -0.05) is 12.5 Å². The van der Waals surface area contributed by atoms with E-state index in [2.05, 4.69) is 17.3 Å². The number of nitrogens with zero attached hydrogens (tertiary/aromatic N) is 1.